The van der Waals surface area contributed by atoms with Gasteiger partial charge >= 0.3 is 0 Å². The van der Waals surface area contributed by atoms with Crippen molar-refractivity contribution in [3.63, 3.8) is 0 Å². The van der Waals surface area contributed by atoms with Crippen LogP contribution in [0.2, 0.25) is 0 Å². The van der Waals surface area contributed by atoms with Crippen LogP contribution in [0.15, 0.2) is 47.0 Å². The molecule has 27 heavy (non-hydrogen) atoms. The van der Waals surface area contributed by atoms with Crippen molar-refractivity contribution in [3.8, 4) is 5.75 Å². The fourth-order valence-corrected chi connectivity index (χ4v) is 2.40. The van der Waals surface area contributed by atoms with Crippen LogP contribution >= 0.6 is 0 Å². The Balaban J connectivity index is 1.58. The molecule has 0 saturated heterocycles. The number of rotatable bonds is 6. The van der Waals surface area contributed by atoms with E-state index in [4.69, 9.17) is 9.26 Å². The first-order valence-corrected chi connectivity index (χ1v) is 8.20. The molecule has 8 heteroatoms. The lowest BCUT2D eigenvalue weighted by Gasteiger charge is -2.15. The number of carbonyl (C=O) groups excluding carboxylic acids is 1. The Morgan fingerprint density at radius 2 is 1.93 bits per heavy atom. The molecule has 0 aliphatic carbocycles. The van der Waals surface area contributed by atoms with Gasteiger partial charge in [0.2, 0.25) is 11.7 Å². The summed E-state index contributed by atoms with van der Waals surface area (Å²) in [4.78, 5) is 16.3. The molecule has 0 radical (unpaired) electrons. The van der Waals surface area contributed by atoms with E-state index in [0.29, 0.717) is 28.6 Å². The Bertz CT molecular complexity index is 942. The van der Waals surface area contributed by atoms with Crippen molar-refractivity contribution >= 4 is 5.91 Å². The quantitative estimate of drug-likeness (QED) is 0.712. The SMILES string of the molecule is Cc1nc(COc2ccc(C(=O)N[C@H](C)c3ccc(F)c(F)c3)cc2)no1. The molecule has 0 spiro atoms. The van der Waals surface area contributed by atoms with E-state index in [1.165, 1.54) is 6.07 Å². The van der Waals surface area contributed by atoms with E-state index in [2.05, 4.69) is 15.5 Å². The number of nitrogens with zero attached hydrogens (tertiary/aromatic N) is 2. The van der Waals surface area contributed by atoms with Gasteiger partial charge in [0, 0.05) is 12.5 Å². The van der Waals surface area contributed by atoms with Crippen LogP contribution in [0.3, 0.4) is 0 Å². The summed E-state index contributed by atoms with van der Waals surface area (Å²) in [5.41, 5.74) is 0.879. The fraction of sp³-hybridized carbons (Fsp3) is 0.211. The fourth-order valence-electron chi connectivity index (χ4n) is 2.40. The smallest absolute Gasteiger partial charge is 0.251 e. The Hall–Kier alpha value is -3.29. The number of amides is 1. The molecule has 3 aromatic rings. The maximum Gasteiger partial charge on any atom is 0.251 e. The molecular formula is C19H17F2N3O3. The van der Waals surface area contributed by atoms with E-state index < -0.39 is 17.7 Å². The van der Waals surface area contributed by atoms with Crippen LogP contribution in [0.25, 0.3) is 0 Å². The second kappa shape index (κ2) is 7.94. The van der Waals surface area contributed by atoms with Crippen molar-refractivity contribution in [1.29, 1.82) is 0 Å². The van der Waals surface area contributed by atoms with Gasteiger partial charge in [-0.15, -0.1) is 0 Å². The van der Waals surface area contributed by atoms with E-state index >= 15 is 0 Å². The van der Waals surface area contributed by atoms with Gasteiger partial charge in [0.1, 0.15) is 5.75 Å². The Morgan fingerprint density at radius 1 is 1.19 bits per heavy atom. The minimum Gasteiger partial charge on any atom is -0.485 e. The first-order chi connectivity index (χ1) is 12.9. The average Bonchev–Trinajstić information content (AvgIpc) is 3.08. The molecule has 1 N–H and O–H groups in total. The molecule has 0 aliphatic rings. The molecule has 3 rings (SSSR count). The maximum absolute atomic E-state index is 13.3. The molecule has 0 unspecified atom stereocenters. The number of carbonyl (C=O) groups is 1. The van der Waals surface area contributed by atoms with E-state index in [1.807, 2.05) is 0 Å². The first kappa shape index (κ1) is 18.5. The zero-order valence-corrected chi connectivity index (χ0v) is 14.7. The summed E-state index contributed by atoms with van der Waals surface area (Å²) in [6, 6.07) is 9.54. The van der Waals surface area contributed by atoms with E-state index in [1.54, 1.807) is 38.1 Å². The second-order valence-electron chi connectivity index (χ2n) is 5.91. The summed E-state index contributed by atoms with van der Waals surface area (Å²) >= 11 is 0. The highest BCUT2D eigenvalue weighted by Gasteiger charge is 2.13. The van der Waals surface area contributed by atoms with Crippen molar-refractivity contribution in [1.82, 2.24) is 15.5 Å². The van der Waals surface area contributed by atoms with E-state index in [-0.39, 0.29) is 12.5 Å². The van der Waals surface area contributed by atoms with Gasteiger partial charge in [0.25, 0.3) is 5.91 Å². The molecule has 1 heterocycles. The van der Waals surface area contributed by atoms with Gasteiger partial charge in [-0.25, -0.2) is 8.78 Å². The van der Waals surface area contributed by atoms with Gasteiger partial charge in [-0.1, -0.05) is 11.2 Å². The molecule has 1 atom stereocenters. The zero-order chi connectivity index (χ0) is 19.4. The van der Waals surface area contributed by atoms with E-state index in [9.17, 15) is 13.6 Å². The number of aryl methyl sites for hydroxylation is 1. The topological polar surface area (TPSA) is 77.2 Å². The van der Waals surface area contributed by atoms with Crippen LogP contribution in [-0.2, 0) is 6.61 Å². The predicted octanol–water partition coefficient (Wildman–Crippen LogP) is 3.73. The highest BCUT2D eigenvalue weighted by Crippen LogP contribution is 2.18. The second-order valence-corrected chi connectivity index (χ2v) is 5.91. The Morgan fingerprint density at radius 3 is 2.56 bits per heavy atom. The summed E-state index contributed by atoms with van der Waals surface area (Å²) in [6.07, 6.45) is 0. The van der Waals surface area contributed by atoms with Crippen LogP contribution in [0.1, 0.15) is 40.6 Å². The maximum atomic E-state index is 13.3. The third-order valence-corrected chi connectivity index (χ3v) is 3.85. The van der Waals surface area contributed by atoms with Crippen LogP contribution in [-0.4, -0.2) is 16.0 Å². The molecule has 0 aliphatic heterocycles. The summed E-state index contributed by atoms with van der Waals surface area (Å²) in [5, 5.41) is 6.46. The highest BCUT2D eigenvalue weighted by atomic mass is 19.2. The van der Waals surface area contributed by atoms with Gasteiger partial charge in [-0.3, -0.25) is 4.79 Å². The number of ether oxygens (including phenoxy) is 1. The normalized spacial score (nSPS) is 11.9. The molecular weight excluding hydrogens is 356 g/mol. The molecule has 1 amide bonds. The monoisotopic (exact) mass is 373 g/mol. The third kappa shape index (κ3) is 4.66. The van der Waals surface area contributed by atoms with E-state index in [0.717, 1.165) is 12.1 Å². The molecule has 0 bridgehead atoms. The van der Waals surface area contributed by atoms with Gasteiger partial charge < -0.3 is 14.6 Å². The van der Waals surface area contributed by atoms with Crippen molar-refractivity contribution in [2.24, 2.45) is 0 Å². The number of nitrogens with one attached hydrogen (secondary N) is 1. The molecule has 2 aromatic carbocycles. The van der Waals surface area contributed by atoms with Crippen molar-refractivity contribution < 1.29 is 22.8 Å². The van der Waals surface area contributed by atoms with Gasteiger partial charge in [-0.05, 0) is 48.9 Å². The summed E-state index contributed by atoms with van der Waals surface area (Å²) < 4.78 is 36.7. The average molecular weight is 373 g/mol. The van der Waals surface area contributed by atoms with Crippen molar-refractivity contribution in [2.75, 3.05) is 0 Å². The first-order valence-electron chi connectivity index (χ1n) is 8.20. The lowest BCUT2D eigenvalue weighted by atomic mass is 10.1. The molecule has 1 aromatic heterocycles. The van der Waals surface area contributed by atoms with Crippen LogP contribution in [0, 0.1) is 18.6 Å². The molecule has 140 valence electrons. The summed E-state index contributed by atoms with van der Waals surface area (Å²) in [6.45, 7) is 3.52. The lowest BCUT2D eigenvalue weighted by Crippen LogP contribution is -2.26. The molecule has 0 saturated carbocycles. The predicted molar refractivity (Wildman–Crippen MR) is 92.0 cm³/mol. The van der Waals surface area contributed by atoms with Crippen LogP contribution < -0.4 is 10.1 Å². The summed E-state index contributed by atoms with van der Waals surface area (Å²) in [5.74, 6) is -0.795. The number of hydrogen-bond acceptors (Lipinski definition) is 5. The van der Waals surface area contributed by atoms with Gasteiger partial charge in [-0.2, -0.15) is 4.98 Å². The Labute approximate surface area is 154 Å². The number of benzene rings is 2. The lowest BCUT2D eigenvalue weighted by molar-refractivity contribution is 0.0939. The standard InChI is InChI=1S/C19H17F2N3O3/c1-11(14-5-8-16(20)17(21)9-14)22-19(25)13-3-6-15(7-4-13)26-10-18-23-12(2)27-24-18/h3-9,11H,10H2,1-2H3,(H,22,25)/t11-/m1/s1. The summed E-state index contributed by atoms with van der Waals surface area (Å²) in [7, 11) is 0. The minimum absolute atomic E-state index is 0.149. The van der Waals surface area contributed by atoms with Gasteiger partial charge in [0.15, 0.2) is 18.2 Å². The van der Waals surface area contributed by atoms with Gasteiger partial charge in [0.05, 0.1) is 6.04 Å². The Kier molecular flexibility index (Phi) is 5.44. The third-order valence-electron chi connectivity index (χ3n) is 3.85. The van der Waals surface area contributed by atoms with Crippen molar-refractivity contribution in [3.05, 3.63) is 76.9 Å². The van der Waals surface area contributed by atoms with Crippen molar-refractivity contribution in [2.45, 2.75) is 26.5 Å². The minimum atomic E-state index is -0.952. The number of aromatic nitrogens is 2. The highest BCUT2D eigenvalue weighted by molar-refractivity contribution is 5.94. The zero-order valence-electron chi connectivity index (χ0n) is 14.7. The number of halogens is 2. The van der Waals surface area contributed by atoms with Crippen LogP contribution in [0.5, 0.6) is 5.75 Å². The molecule has 0 fully saturated rings. The van der Waals surface area contributed by atoms with Crippen LogP contribution in [0.4, 0.5) is 8.78 Å². The number of hydrogen-bond donors (Lipinski definition) is 1. The molecule has 6 nitrogen and oxygen atoms in total. The largest absolute Gasteiger partial charge is 0.485 e.